The molecule has 0 aliphatic rings. The first-order valence-electron chi connectivity index (χ1n) is 4.82. The van der Waals surface area contributed by atoms with E-state index in [1.54, 1.807) is 0 Å². The van der Waals surface area contributed by atoms with E-state index >= 15 is 0 Å². The number of halogens is 1. The Morgan fingerprint density at radius 2 is 2.07 bits per heavy atom. The average Bonchev–Trinajstić information content (AvgIpc) is 2.16. The lowest BCUT2D eigenvalue weighted by atomic mass is 10.0. The molecule has 3 heteroatoms. The number of rotatable bonds is 3. The van der Waals surface area contributed by atoms with E-state index in [0.29, 0.717) is 23.2 Å². The molecular formula is C11H16ClNO. The number of hydrogen-bond donors (Lipinski definition) is 1. The fourth-order valence-corrected chi connectivity index (χ4v) is 1.79. The topological polar surface area (TPSA) is 23.5 Å². The van der Waals surface area contributed by atoms with Gasteiger partial charge in [-0.1, -0.05) is 37.6 Å². The lowest BCUT2D eigenvalue weighted by molar-refractivity contribution is 0.260. The Morgan fingerprint density at radius 3 is 2.57 bits per heavy atom. The second-order valence-corrected chi connectivity index (χ2v) is 3.93. The Labute approximate surface area is 90.1 Å². The van der Waals surface area contributed by atoms with Crippen molar-refractivity contribution in [2.24, 2.45) is 0 Å². The summed E-state index contributed by atoms with van der Waals surface area (Å²) in [7, 11) is 0. The largest absolute Gasteiger partial charge is 0.288 e. The molecule has 0 amide bonds. The van der Waals surface area contributed by atoms with Crippen molar-refractivity contribution >= 4 is 17.3 Å². The van der Waals surface area contributed by atoms with Gasteiger partial charge in [-0.3, -0.25) is 10.3 Å². The summed E-state index contributed by atoms with van der Waals surface area (Å²) in [5, 5.41) is 11.4. The molecule has 0 unspecified atom stereocenters. The van der Waals surface area contributed by atoms with E-state index < -0.39 is 0 Å². The van der Waals surface area contributed by atoms with E-state index in [-0.39, 0.29) is 0 Å². The third-order valence-corrected chi connectivity index (χ3v) is 2.62. The van der Waals surface area contributed by atoms with Crippen LogP contribution in [0, 0.1) is 0 Å². The highest BCUT2D eigenvalue weighted by Gasteiger charge is 2.11. The van der Waals surface area contributed by atoms with Crippen molar-refractivity contribution in [3.63, 3.8) is 0 Å². The van der Waals surface area contributed by atoms with Crippen LogP contribution in [0.15, 0.2) is 18.2 Å². The molecule has 0 aliphatic carbocycles. The first kappa shape index (κ1) is 11.3. The zero-order chi connectivity index (χ0) is 10.7. The Bertz CT molecular complexity index is 312. The molecule has 2 nitrogen and oxygen atoms in total. The monoisotopic (exact) mass is 213 g/mol. The second kappa shape index (κ2) is 4.67. The van der Waals surface area contributed by atoms with Gasteiger partial charge in [0, 0.05) is 6.54 Å². The third kappa shape index (κ3) is 2.20. The van der Waals surface area contributed by atoms with Crippen LogP contribution in [0.3, 0.4) is 0 Å². The van der Waals surface area contributed by atoms with Gasteiger partial charge in [0.2, 0.25) is 0 Å². The van der Waals surface area contributed by atoms with Crippen molar-refractivity contribution in [1.29, 1.82) is 0 Å². The van der Waals surface area contributed by atoms with Gasteiger partial charge >= 0.3 is 0 Å². The summed E-state index contributed by atoms with van der Waals surface area (Å²) in [5.74, 6) is 0.368. The molecule has 1 aromatic rings. The van der Waals surface area contributed by atoms with Gasteiger partial charge < -0.3 is 0 Å². The highest BCUT2D eigenvalue weighted by atomic mass is 35.5. The van der Waals surface area contributed by atoms with E-state index in [0.717, 1.165) is 10.6 Å². The Balaban J connectivity index is 3.13. The minimum absolute atomic E-state index is 0.368. The number of hydroxylamine groups is 1. The molecular weight excluding hydrogens is 198 g/mol. The molecule has 78 valence electrons. The molecule has 0 saturated carbocycles. The lowest BCUT2D eigenvalue weighted by Crippen LogP contribution is -2.17. The quantitative estimate of drug-likeness (QED) is 0.775. The summed E-state index contributed by atoms with van der Waals surface area (Å²) >= 11 is 6.18. The van der Waals surface area contributed by atoms with Crippen molar-refractivity contribution in [3.05, 3.63) is 28.8 Å². The molecule has 0 spiro atoms. The van der Waals surface area contributed by atoms with Crippen molar-refractivity contribution in [2.45, 2.75) is 26.7 Å². The fourth-order valence-electron chi connectivity index (χ4n) is 1.35. The summed E-state index contributed by atoms with van der Waals surface area (Å²) in [4.78, 5) is 0. The standard InChI is InChI=1S/C11H16ClNO/c1-4-13(14)10-7-5-6-9(8(2)3)11(10)12/h5-8,14H,4H2,1-3H3. The van der Waals surface area contributed by atoms with Crippen LogP contribution < -0.4 is 5.06 Å². The van der Waals surface area contributed by atoms with Crippen LogP contribution >= 0.6 is 11.6 Å². The van der Waals surface area contributed by atoms with Crippen LogP contribution in [0.1, 0.15) is 32.3 Å². The van der Waals surface area contributed by atoms with Crippen LogP contribution in [-0.2, 0) is 0 Å². The van der Waals surface area contributed by atoms with Gasteiger partial charge in [0.1, 0.15) is 0 Å². The van der Waals surface area contributed by atoms with Gasteiger partial charge in [0.05, 0.1) is 10.7 Å². The SMILES string of the molecule is CCN(O)c1cccc(C(C)C)c1Cl. The molecule has 0 fully saturated rings. The first-order valence-corrected chi connectivity index (χ1v) is 5.20. The molecule has 0 atom stereocenters. The van der Waals surface area contributed by atoms with Crippen molar-refractivity contribution in [3.8, 4) is 0 Å². The van der Waals surface area contributed by atoms with E-state index in [2.05, 4.69) is 13.8 Å². The summed E-state index contributed by atoms with van der Waals surface area (Å²) in [6.45, 7) is 6.57. The summed E-state index contributed by atoms with van der Waals surface area (Å²) in [5.41, 5.74) is 1.75. The molecule has 0 saturated heterocycles. The zero-order valence-corrected chi connectivity index (χ0v) is 9.54. The van der Waals surface area contributed by atoms with Crippen molar-refractivity contribution in [2.75, 3.05) is 11.6 Å². The number of anilines is 1. The molecule has 0 aliphatic heterocycles. The normalized spacial score (nSPS) is 10.7. The van der Waals surface area contributed by atoms with Gasteiger partial charge in [0.15, 0.2) is 0 Å². The van der Waals surface area contributed by atoms with Crippen LogP contribution in [-0.4, -0.2) is 11.8 Å². The molecule has 14 heavy (non-hydrogen) atoms. The molecule has 1 rings (SSSR count). The zero-order valence-electron chi connectivity index (χ0n) is 8.79. The maximum Gasteiger partial charge on any atom is 0.0823 e. The highest BCUT2D eigenvalue weighted by Crippen LogP contribution is 2.32. The van der Waals surface area contributed by atoms with E-state index in [1.807, 2.05) is 25.1 Å². The number of hydrogen-bond acceptors (Lipinski definition) is 2. The average molecular weight is 214 g/mol. The minimum Gasteiger partial charge on any atom is -0.288 e. The number of benzene rings is 1. The van der Waals surface area contributed by atoms with E-state index in [9.17, 15) is 5.21 Å². The molecule has 0 bridgehead atoms. The van der Waals surface area contributed by atoms with Crippen molar-refractivity contribution < 1.29 is 5.21 Å². The summed E-state index contributed by atoms with van der Waals surface area (Å²) in [6.07, 6.45) is 0. The number of nitrogens with zero attached hydrogens (tertiary/aromatic N) is 1. The molecule has 0 aromatic heterocycles. The Kier molecular flexibility index (Phi) is 3.78. The van der Waals surface area contributed by atoms with Crippen LogP contribution in [0.2, 0.25) is 5.02 Å². The molecule has 0 radical (unpaired) electrons. The third-order valence-electron chi connectivity index (χ3n) is 2.21. The maximum atomic E-state index is 9.57. The highest BCUT2D eigenvalue weighted by molar-refractivity contribution is 6.34. The van der Waals surface area contributed by atoms with E-state index in [1.165, 1.54) is 0 Å². The van der Waals surface area contributed by atoms with Gasteiger partial charge in [-0.2, -0.15) is 0 Å². The predicted octanol–water partition coefficient (Wildman–Crippen LogP) is 3.68. The Hall–Kier alpha value is -0.730. The van der Waals surface area contributed by atoms with Gasteiger partial charge in [0.25, 0.3) is 0 Å². The lowest BCUT2D eigenvalue weighted by Gasteiger charge is -2.19. The van der Waals surface area contributed by atoms with Crippen LogP contribution in [0.4, 0.5) is 5.69 Å². The van der Waals surface area contributed by atoms with Gasteiger partial charge in [-0.05, 0) is 24.5 Å². The Morgan fingerprint density at radius 1 is 1.43 bits per heavy atom. The first-order chi connectivity index (χ1) is 6.57. The maximum absolute atomic E-state index is 9.57. The van der Waals surface area contributed by atoms with E-state index in [4.69, 9.17) is 11.6 Å². The second-order valence-electron chi connectivity index (χ2n) is 3.55. The smallest absolute Gasteiger partial charge is 0.0823 e. The summed E-state index contributed by atoms with van der Waals surface area (Å²) < 4.78 is 0. The fraction of sp³-hybridized carbons (Fsp3) is 0.455. The summed E-state index contributed by atoms with van der Waals surface area (Å²) in [6, 6.07) is 5.72. The van der Waals surface area contributed by atoms with Gasteiger partial charge in [-0.25, -0.2) is 0 Å². The predicted molar refractivity (Wildman–Crippen MR) is 60.3 cm³/mol. The molecule has 0 heterocycles. The van der Waals surface area contributed by atoms with Crippen LogP contribution in [0.5, 0.6) is 0 Å². The van der Waals surface area contributed by atoms with Crippen molar-refractivity contribution in [1.82, 2.24) is 0 Å². The minimum atomic E-state index is 0.368. The van der Waals surface area contributed by atoms with Crippen LogP contribution in [0.25, 0.3) is 0 Å². The molecule has 1 N–H and O–H groups in total. The van der Waals surface area contributed by atoms with Gasteiger partial charge in [-0.15, -0.1) is 0 Å². The molecule has 1 aromatic carbocycles.